The Kier molecular flexibility index (Phi) is 9.11. The first-order valence-electron chi connectivity index (χ1n) is 10.5. The van der Waals surface area contributed by atoms with E-state index in [9.17, 15) is 4.79 Å². The molecule has 0 bridgehead atoms. The van der Waals surface area contributed by atoms with Crippen LogP contribution in [0.4, 0.5) is 0 Å². The van der Waals surface area contributed by atoms with Crippen LogP contribution in [0.5, 0.6) is 5.75 Å². The van der Waals surface area contributed by atoms with Gasteiger partial charge in [-0.3, -0.25) is 4.79 Å². The first-order valence-corrected chi connectivity index (χ1v) is 10.5. The van der Waals surface area contributed by atoms with E-state index in [0.717, 1.165) is 43.9 Å². The van der Waals surface area contributed by atoms with Gasteiger partial charge in [-0.1, -0.05) is 24.6 Å². The van der Waals surface area contributed by atoms with Gasteiger partial charge in [0.05, 0.1) is 6.54 Å². The molecule has 1 aromatic rings. The lowest BCUT2D eigenvalue weighted by atomic mass is 9.85. The molecule has 1 fully saturated rings. The number of amides is 1. The average Bonchev–Trinajstić information content (AvgIpc) is 2.67. The fourth-order valence-corrected chi connectivity index (χ4v) is 3.46. The minimum absolute atomic E-state index is 0.0196. The van der Waals surface area contributed by atoms with Crippen LogP contribution < -0.4 is 20.7 Å². The maximum Gasteiger partial charge on any atom is 0.223 e. The van der Waals surface area contributed by atoms with Gasteiger partial charge in [-0.2, -0.15) is 0 Å². The van der Waals surface area contributed by atoms with E-state index in [0.29, 0.717) is 6.54 Å². The number of nitrogens with one attached hydrogen (secondary N) is 3. The Bertz CT molecular complexity index is 618. The van der Waals surface area contributed by atoms with Crippen LogP contribution in [-0.4, -0.2) is 43.1 Å². The number of aliphatic imine (C=N–C) groups is 1. The summed E-state index contributed by atoms with van der Waals surface area (Å²) in [5.74, 6) is 1.90. The number of rotatable bonds is 8. The Morgan fingerprint density at radius 1 is 1.21 bits per heavy atom. The number of carbonyl (C=O) groups excluding carboxylic acids is 1. The number of carbonyl (C=O) groups is 1. The smallest absolute Gasteiger partial charge is 0.223 e. The predicted octanol–water partition coefficient (Wildman–Crippen LogP) is 3.09. The lowest BCUT2D eigenvalue weighted by molar-refractivity contribution is -0.126. The maximum atomic E-state index is 12.4. The molecule has 6 nitrogen and oxygen atoms in total. The number of guanidine groups is 1. The highest BCUT2D eigenvalue weighted by atomic mass is 16.5. The van der Waals surface area contributed by atoms with Crippen molar-refractivity contribution in [2.75, 3.05) is 13.1 Å². The second-order valence-electron chi connectivity index (χ2n) is 7.83. The van der Waals surface area contributed by atoms with Crippen LogP contribution in [0.15, 0.2) is 35.3 Å². The third-order valence-electron chi connectivity index (χ3n) is 4.75. The van der Waals surface area contributed by atoms with Gasteiger partial charge in [0.15, 0.2) is 5.96 Å². The van der Waals surface area contributed by atoms with Crippen LogP contribution in [-0.2, 0) is 4.79 Å². The van der Waals surface area contributed by atoms with Crippen molar-refractivity contribution in [2.24, 2.45) is 10.9 Å². The zero-order chi connectivity index (χ0) is 20.4. The third-order valence-corrected chi connectivity index (χ3v) is 4.75. The summed E-state index contributed by atoms with van der Waals surface area (Å²) in [6, 6.07) is 10.3. The summed E-state index contributed by atoms with van der Waals surface area (Å²) in [4.78, 5) is 17.0. The van der Waals surface area contributed by atoms with Crippen molar-refractivity contribution >= 4 is 11.9 Å². The number of benzene rings is 1. The summed E-state index contributed by atoms with van der Waals surface area (Å²) in [5.41, 5.74) is 0. The van der Waals surface area contributed by atoms with Gasteiger partial charge in [0.2, 0.25) is 5.91 Å². The summed E-state index contributed by atoms with van der Waals surface area (Å²) >= 11 is 0. The van der Waals surface area contributed by atoms with Crippen LogP contribution in [0.3, 0.4) is 0 Å². The molecule has 0 spiro atoms. The highest BCUT2D eigenvalue weighted by Crippen LogP contribution is 2.24. The van der Waals surface area contributed by atoms with Crippen molar-refractivity contribution in [1.82, 2.24) is 16.0 Å². The average molecular weight is 389 g/mol. The van der Waals surface area contributed by atoms with Crippen LogP contribution in [0.25, 0.3) is 0 Å². The Morgan fingerprint density at radius 2 is 1.96 bits per heavy atom. The standard InChI is InChI=1S/C22H36N4O2/c1-5-23-22(24-15-17(4)28-20-12-7-6-8-13-20)26-19-11-9-10-18(14-19)21(27)25-16(2)3/h6-8,12-13,16-19H,5,9-11,14-15H2,1-4H3,(H,25,27)(H2,23,24,26). The largest absolute Gasteiger partial charge is 0.489 e. The molecule has 3 unspecified atom stereocenters. The van der Waals surface area contributed by atoms with Crippen molar-refractivity contribution in [3.05, 3.63) is 30.3 Å². The summed E-state index contributed by atoms with van der Waals surface area (Å²) in [7, 11) is 0. The fraction of sp³-hybridized carbons (Fsp3) is 0.636. The van der Waals surface area contributed by atoms with Gasteiger partial charge < -0.3 is 20.7 Å². The molecule has 0 aromatic heterocycles. The fourth-order valence-electron chi connectivity index (χ4n) is 3.46. The van der Waals surface area contributed by atoms with Crippen molar-refractivity contribution in [2.45, 2.75) is 71.6 Å². The summed E-state index contributed by atoms with van der Waals surface area (Å²) < 4.78 is 5.90. The second-order valence-corrected chi connectivity index (χ2v) is 7.83. The molecule has 1 amide bonds. The molecule has 3 N–H and O–H groups in total. The van der Waals surface area contributed by atoms with Crippen LogP contribution >= 0.6 is 0 Å². The van der Waals surface area contributed by atoms with E-state index in [-0.39, 0.29) is 30.0 Å². The van der Waals surface area contributed by atoms with E-state index in [4.69, 9.17) is 9.73 Å². The van der Waals surface area contributed by atoms with Crippen molar-refractivity contribution in [3.63, 3.8) is 0 Å². The normalized spacial score (nSPS) is 21.1. The molecule has 28 heavy (non-hydrogen) atoms. The van der Waals surface area contributed by atoms with Gasteiger partial charge in [0.1, 0.15) is 11.9 Å². The number of ether oxygens (including phenoxy) is 1. The highest BCUT2D eigenvalue weighted by molar-refractivity contribution is 5.81. The lowest BCUT2D eigenvalue weighted by Crippen LogP contribution is -2.47. The SMILES string of the molecule is CCNC(=NCC(C)Oc1ccccc1)NC1CCCC(C(=O)NC(C)C)C1. The van der Waals surface area contributed by atoms with Gasteiger partial charge >= 0.3 is 0 Å². The van der Waals surface area contributed by atoms with E-state index >= 15 is 0 Å². The Labute approximate surface area is 169 Å². The first-order chi connectivity index (χ1) is 13.5. The van der Waals surface area contributed by atoms with Crippen LogP contribution in [0.1, 0.15) is 53.4 Å². The number of hydrogen-bond acceptors (Lipinski definition) is 3. The monoisotopic (exact) mass is 388 g/mol. The van der Waals surface area contributed by atoms with E-state index in [1.165, 1.54) is 0 Å². The molecule has 2 rings (SSSR count). The molecule has 0 aliphatic heterocycles. The van der Waals surface area contributed by atoms with Crippen molar-refractivity contribution in [3.8, 4) is 5.75 Å². The van der Waals surface area contributed by atoms with Crippen LogP contribution in [0.2, 0.25) is 0 Å². The Hall–Kier alpha value is -2.24. The maximum absolute atomic E-state index is 12.4. The molecule has 1 saturated carbocycles. The molecule has 6 heteroatoms. The zero-order valence-corrected chi connectivity index (χ0v) is 17.7. The third kappa shape index (κ3) is 7.79. The second kappa shape index (κ2) is 11.6. The molecule has 0 radical (unpaired) electrons. The van der Waals surface area contributed by atoms with Crippen molar-refractivity contribution in [1.29, 1.82) is 0 Å². The van der Waals surface area contributed by atoms with Gasteiger partial charge in [0.25, 0.3) is 0 Å². The van der Waals surface area contributed by atoms with Crippen molar-refractivity contribution < 1.29 is 9.53 Å². The Morgan fingerprint density at radius 3 is 2.64 bits per heavy atom. The zero-order valence-electron chi connectivity index (χ0n) is 17.7. The molecular formula is C22H36N4O2. The summed E-state index contributed by atoms with van der Waals surface area (Å²) in [5, 5.41) is 9.87. The predicted molar refractivity (Wildman–Crippen MR) is 115 cm³/mol. The van der Waals surface area contributed by atoms with E-state index in [1.807, 2.05) is 51.1 Å². The van der Waals surface area contributed by atoms with E-state index in [2.05, 4.69) is 22.9 Å². The molecule has 3 atom stereocenters. The molecular weight excluding hydrogens is 352 g/mol. The van der Waals surface area contributed by atoms with E-state index < -0.39 is 0 Å². The molecule has 156 valence electrons. The summed E-state index contributed by atoms with van der Waals surface area (Å²) in [6.07, 6.45) is 3.91. The minimum Gasteiger partial charge on any atom is -0.489 e. The lowest BCUT2D eigenvalue weighted by Gasteiger charge is -2.30. The number of nitrogens with zero attached hydrogens (tertiary/aromatic N) is 1. The van der Waals surface area contributed by atoms with Gasteiger partial charge in [0, 0.05) is 24.5 Å². The number of para-hydroxylation sites is 1. The van der Waals surface area contributed by atoms with Gasteiger partial charge in [-0.05, 0) is 59.1 Å². The topological polar surface area (TPSA) is 74.8 Å². The quantitative estimate of drug-likeness (QED) is 0.473. The number of hydrogen-bond donors (Lipinski definition) is 3. The van der Waals surface area contributed by atoms with Gasteiger partial charge in [-0.15, -0.1) is 0 Å². The first kappa shape index (κ1) is 22.1. The van der Waals surface area contributed by atoms with E-state index in [1.54, 1.807) is 0 Å². The minimum atomic E-state index is -0.0196. The van der Waals surface area contributed by atoms with Gasteiger partial charge in [-0.25, -0.2) is 4.99 Å². The molecule has 1 aromatic carbocycles. The molecule has 0 saturated heterocycles. The Balaban J connectivity index is 1.88. The molecule has 0 heterocycles. The summed E-state index contributed by atoms with van der Waals surface area (Å²) in [6.45, 7) is 9.45. The molecule has 1 aliphatic rings. The molecule has 1 aliphatic carbocycles. The van der Waals surface area contributed by atoms with Crippen LogP contribution in [0, 0.1) is 5.92 Å². The highest BCUT2D eigenvalue weighted by Gasteiger charge is 2.28.